The van der Waals surface area contributed by atoms with E-state index in [1.807, 2.05) is 6.92 Å². The number of hydrogen-bond donors (Lipinski definition) is 1. The lowest BCUT2D eigenvalue weighted by atomic mass is 10.1. The number of para-hydroxylation sites is 1. The highest BCUT2D eigenvalue weighted by molar-refractivity contribution is 7.79. The van der Waals surface area contributed by atoms with Crippen LogP contribution in [-0.4, -0.2) is 27.7 Å². The van der Waals surface area contributed by atoms with E-state index in [0.717, 1.165) is 6.07 Å². The lowest BCUT2D eigenvalue weighted by Crippen LogP contribution is -2.14. The minimum Gasteiger partial charge on any atom is -0.768 e. The molecule has 0 aliphatic heterocycles. The summed E-state index contributed by atoms with van der Waals surface area (Å²) in [7, 11) is 1.18. The number of amides is 1. The van der Waals surface area contributed by atoms with Crippen LogP contribution in [0.4, 0.5) is 5.69 Å². The van der Waals surface area contributed by atoms with Gasteiger partial charge >= 0.3 is 5.97 Å². The predicted molar refractivity (Wildman–Crippen MR) is 95.0 cm³/mol. The zero-order valence-electron chi connectivity index (χ0n) is 14.3. The van der Waals surface area contributed by atoms with Gasteiger partial charge in [-0.25, -0.2) is 4.79 Å². The maximum atomic E-state index is 12.0. The van der Waals surface area contributed by atoms with Crippen LogP contribution in [0.3, 0.4) is 0 Å². The average Bonchev–Trinajstić information content (AvgIpc) is 2.63. The molecule has 0 radical (unpaired) electrons. The molecule has 0 spiro atoms. The fourth-order valence-corrected chi connectivity index (χ4v) is 2.73. The van der Waals surface area contributed by atoms with E-state index in [-0.39, 0.29) is 34.2 Å². The van der Waals surface area contributed by atoms with Gasteiger partial charge in [-0.15, -0.1) is 0 Å². The highest BCUT2D eigenvalue weighted by Gasteiger charge is 2.19. The molecule has 0 aliphatic carbocycles. The van der Waals surface area contributed by atoms with Gasteiger partial charge in [0.2, 0.25) is 5.91 Å². The zero-order valence-corrected chi connectivity index (χ0v) is 15.1. The lowest BCUT2D eigenvalue weighted by molar-refractivity contribution is -0.116. The smallest absolute Gasteiger partial charge is 0.337 e. The molecule has 2 rings (SSSR count). The Labute approximate surface area is 153 Å². The molecule has 0 fully saturated rings. The van der Waals surface area contributed by atoms with E-state index in [9.17, 15) is 18.4 Å². The second-order valence-electron chi connectivity index (χ2n) is 5.29. The first-order valence-electron chi connectivity index (χ1n) is 7.84. The zero-order chi connectivity index (χ0) is 19.1. The average molecular weight is 376 g/mol. The molecule has 0 saturated carbocycles. The Morgan fingerprint density at radius 3 is 2.46 bits per heavy atom. The van der Waals surface area contributed by atoms with Crippen LogP contribution in [-0.2, 0) is 20.6 Å². The van der Waals surface area contributed by atoms with E-state index in [1.54, 1.807) is 30.3 Å². The largest absolute Gasteiger partial charge is 0.768 e. The van der Waals surface area contributed by atoms with Gasteiger partial charge < -0.3 is 19.3 Å². The van der Waals surface area contributed by atoms with Gasteiger partial charge in [-0.05, 0) is 41.8 Å². The highest BCUT2D eigenvalue weighted by Crippen LogP contribution is 2.36. The monoisotopic (exact) mass is 376 g/mol. The highest BCUT2D eigenvalue weighted by atomic mass is 32.2. The van der Waals surface area contributed by atoms with Crippen LogP contribution in [0.5, 0.6) is 11.5 Å². The molecule has 26 heavy (non-hydrogen) atoms. The van der Waals surface area contributed by atoms with E-state index in [1.165, 1.54) is 13.2 Å². The van der Waals surface area contributed by atoms with E-state index >= 15 is 0 Å². The Morgan fingerprint density at radius 1 is 1.19 bits per heavy atom. The first kappa shape index (κ1) is 19.6. The minimum atomic E-state index is -2.71. The third kappa shape index (κ3) is 4.90. The Hall–Kier alpha value is -2.71. The van der Waals surface area contributed by atoms with Crippen LogP contribution in [0.1, 0.15) is 30.1 Å². The van der Waals surface area contributed by atoms with E-state index in [0.29, 0.717) is 12.2 Å². The normalized spacial score (nSPS) is 11.5. The fourth-order valence-electron chi connectivity index (χ4n) is 2.21. The molecule has 0 heterocycles. The first-order valence-corrected chi connectivity index (χ1v) is 8.92. The van der Waals surface area contributed by atoms with Crippen molar-refractivity contribution in [2.75, 3.05) is 12.4 Å². The van der Waals surface area contributed by atoms with Gasteiger partial charge in [-0.3, -0.25) is 9.00 Å². The van der Waals surface area contributed by atoms with Gasteiger partial charge in [0, 0.05) is 6.42 Å². The lowest BCUT2D eigenvalue weighted by Gasteiger charge is -2.19. The summed E-state index contributed by atoms with van der Waals surface area (Å²) in [5, 5.41) is 2.60. The van der Waals surface area contributed by atoms with E-state index in [4.69, 9.17) is 4.74 Å². The number of ether oxygens (including phenoxy) is 2. The van der Waals surface area contributed by atoms with Crippen LogP contribution in [0.25, 0.3) is 0 Å². The van der Waals surface area contributed by atoms with E-state index < -0.39 is 17.0 Å². The predicted octanol–water partition coefficient (Wildman–Crippen LogP) is 3.24. The van der Waals surface area contributed by atoms with Gasteiger partial charge in [0.15, 0.2) is 5.75 Å². The molecule has 2 aromatic carbocycles. The number of anilines is 1. The van der Waals surface area contributed by atoms with Crippen LogP contribution in [0.15, 0.2) is 47.4 Å². The molecule has 1 amide bonds. The Morgan fingerprint density at radius 2 is 1.88 bits per heavy atom. The van der Waals surface area contributed by atoms with Gasteiger partial charge in [-0.2, -0.15) is 0 Å². The van der Waals surface area contributed by atoms with Crippen LogP contribution >= 0.6 is 0 Å². The van der Waals surface area contributed by atoms with Gasteiger partial charge in [0.25, 0.3) is 0 Å². The molecule has 0 saturated heterocycles. The SMILES string of the molecule is CCCC(=O)Nc1cc(C(=O)OC)cc(S(=O)[O-])c1Oc1ccccc1. The topological polar surface area (TPSA) is 105 Å². The second kappa shape index (κ2) is 9.12. The van der Waals surface area contributed by atoms with Gasteiger partial charge in [0.05, 0.1) is 23.3 Å². The number of rotatable bonds is 7. The van der Waals surface area contributed by atoms with Crippen molar-refractivity contribution in [1.82, 2.24) is 0 Å². The molecule has 1 unspecified atom stereocenters. The molecular formula is C18H18NO6S-. The van der Waals surface area contributed by atoms with Crippen LogP contribution in [0.2, 0.25) is 0 Å². The van der Waals surface area contributed by atoms with Crippen molar-refractivity contribution in [2.24, 2.45) is 0 Å². The van der Waals surface area contributed by atoms with Crippen molar-refractivity contribution >= 4 is 28.6 Å². The quantitative estimate of drug-likeness (QED) is 0.587. The summed E-state index contributed by atoms with van der Waals surface area (Å²) < 4.78 is 33.7. The summed E-state index contributed by atoms with van der Waals surface area (Å²) in [5.74, 6) is -0.735. The van der Waals surface area contributed by atoms with Crippen LogP contribution < -0.4 is 10.1 Å². The first-order chi connectivity index (χ1) is 12.5. The van der Waals surface area contributed by atoms with Crippen molar-refractivity contribution < 1.29 is 27.8 Å². The number of carbonyl (C=O) groups is 2. The number of benzene rings is 2. The summed E-state index contributed by atoms with van der Waals surface area (Å²) in [6, 6.07) is 11.0. The third-order valence-corrected chi connectivity index (χ3v) is 4.03. The number of methoxy groups -OCH3 is 1. The molecule has 0 aromatic heterocycles. The van der Waals surface area contributed by atoms with Crippen molar-refractivity contribution in [3.63, 3.8) is 0 Å². The Kier molecular flexibility index (Phi) is 6.88. The van der Waals surface area contributed by atoms with Crippen molar-refractivity contribution in [3.05, 3.63) is 48.0 Å². The van der Waals surface area contributed by atoms with E-state index in [2.05, 4.69) is 10.1 Å². The summed E-state index contributed by atoms with van der Waals surface area (Å²) >= 11 is -2.71. The molecule has 1 N–H and O–H groups in total. The molecule has 1 atom stereocenters. The maximum absolute atomic E-state index is 12.0. The molecule has 138 valence electrons. The molecule has 2 aromatic rings. The van der Waals surface area contributed by atoms with Crippen molar-refractivity contribution in [2.45, 2.75) is 24.7 Å². The molecule has 0 aliphatic rings. The maximum Gasteiger partial charge on any atom is 0.337 e. The summed E-state index contributed by atoms with van der Waals surface area (Å²) in [5.41, 5.74) is 0.0633. The number of esters is 1. The van der Waals surface area contributed by atoms with Gasteiger partial charge in [0.1, 0.15) is 5.75 Å². The van der Waals surface area contributed by atoms with Crippen molar-refractivity contribution in [3.8, 4) is 11.5 Å². The molecule has 0 bridgehead atoms. The van der Waals surface area contributed by atoms with Crippen LogP contribution in [0, 0.1) is 0 Å². The standard InChI is InChI=1S/C18H19NO6S/c1-3-7-16(20)19-14-10-12(18(21)24-2)11-15(26(22)23)17(14)25-13-8-5-4-6-9-13/h4-6,8-11H,3,7H2,1-2H3,(H,19,20)(H,22,23)/p-1. The fraction of sp³-hybridized carbons (Fsp3) is 0.222. The summed E-state index contributed by atoms with van der Waals surface area (Å²) in [4.78, 5) is 23.6. The second-order valence-corrected chi connectivity index (χ2v) is 6.20. The molecule has 7 nitrogen and oxygen atoms in total. The molecule has 8 heteroatoms. The number of hydrogen-bond acceptors (Lipinski definition) is 6. The number of nitrogens with one attached hydrogen (secondary N) is 1. The summed E-state index contributed by atoms with van der Waals surface area (Å²) in [6.45, 7) is 1.84. The Bertz CT molecular complexity index is 822. The molecular weight excluding hydrogens is 358 g/mol. The van der Waals surface area contributed by atoms with Crippen molar-refractivity contribution in [1.29, 1.82) is 0 Å². The third-order valence-electron chi connectivity index (χ3n) is 3.37. The summed E-state index contributed by atoms with van der Waals surface area (Å²) in [6.07, 6.45) is 0.848. The Balaban J connectivity index is 2.57. The van der Waals surface area contributed by atoms with Gasteiger partial charge in [-0.1, -0.05) is 25.1 Å². The minimum absolute atomic E-state index is 0.0149. The number of carbonyl (C=O) groups excluding carboxylic acids is 2.